The largest absolute Gasteiger partial charge is 0.452 e. The summed E-state index contributed by atoms with van der Waals surface area (Å²) in [4.78, 5) is 23.8. The zero-order valence-electron chi connectivity index (χ0n) is 13.4. The van der Waals surface area contributed by atoms with Crippen LogP contribution >= 0.6 is 0 Å². The number of hydrogen-bond donors (Lipinski definition) is 1. The molecule has 0 aliphatic rings. The van der Waals surface area contributed by atoms with Crippen LogP contribution in [0.5, 0.6) is 5.75 Å². The van der Waals surface area contributed by atoms with Crippen molar-refractivity contribution < 1.29 is 27.8 Å². The average Bonchev–Trinajstić information content (AvgIpc) is 2.61. The maximum absolute atomic E-state index is 12.3. The number of nitrogens with one attached hydrogen (secondary N) is 1. The van der Waals surface area contributed by atoms with Gasteiger partial charge in [-0.25, -0.2) is 4.79 Å². The maximum Gasteiger partial charge on any atom is 0.387 e. The molecule has 0 fully saturated rings. The Labute approximate surface area is 148 Å². The molecule has 8 heteroatoms. The number of anilines is 1. The van der Waals surface area contributed by atoms with Gasteiger partial charge in [0, 0.05) is 5.69 Å². The molecular formula is C18H14F2N2O4. The van der Waals surface area contributed by atoms with Crippen molar-refractivity contribution in [2.24, 2.45) is 0 Å². The summed E-state index contributed by atoms with van der Waals surface area (Å²) in [7, 11) is 0. The summed E-state index contributed by atoms with van der Waals surface area (Å²) in [6.45, 7) is -3.68. The molecule has 134 valence electrons. The van der Waals surface area contributed by atoms with Gasteiger partial charge in [-0.1, -0.05) is 24.3 Å². The van der Waals surface area contributed by atoms with Crippen LogP contribution in [0, 0.1) is 11.3 Å². The summed E-state index contributed by atoms with van der Waals surface area (Å²) in [5.41, 5.74) is 1.06. The van der Waals surface area contributed by atoms with Gasteiger partial charge in [-0.05, 0) is 29.8 Å². The second kappa shape index (κ2) is 9.13. The molecule has 0 atom stereocenters. The molecule has 0 radical (unpaired) electrons. The summed E-state index contributed by atoms with van der Waals surface area (Å²) in [5.74, 6) is -1.89. The zero-order chi connectivity index (χ0) is 18.9. The molecule has 0 aliphatic carbocycles. The predicted molar refractivity (Wildman–Crippen MR) is 87.7 cm³/mol. The Kier molecular flexibility index (Phi) is 6.62. The third-order valence-corrected chi connectivity index (χ3v) is 3.18. The van der Waals surface area contributed by atoms with Gasteiger partial charge in [0.15, 0.2) is 6.61 Å². The van der Waals surface area contributed by atoms with E-state index in [1.807, 2.05) is 6.07 Å². The Morgan fingerprint density at radius 3 is 2.46 bits per heavy atom. The molecule has 0 aromatic heterocycles. The number of benzene rings is 2. The maximum atomic E-state index is 12.3. The number of hydrogen-bond acceptors (Lipinski definition) is 5. The van der Waals surface area contributed by atoms with E-state index < -0.39 is 25.1 Å². The summed E-state index contributed by atoms with van der Waals surface area (Å²) in [5, 5.41) is 11.1. The highest BCUT2D eigenvalue weighted by atomic mass is 19.3. The molecule has 2 aromatic rings. The molecule has 26 heavy (non-hydrogen) atoms. The number of carbonyl (C=O) groups excluding carboxylic acids is 2. The molecule has 0 aliphatic heterocycles. The van der Waals surface area contributed by atoms with Crippen LogP contribution in [0.1, 0.15) is 15.9 Å². The van der Waals surface area contributed by atoms with Crippen LogP contribution in [0.25, 0.3) is 0 Å². The molecule has 0 heterocycles. The fraction of sp³-hybridized carbons (Fsp3) is 0.167. The van der Waals surface area contributed by atoms with Crippen molar-refractivity contribution in [1.82, 2.24) is 0 Å². The number of ether oxygens (including phenoxy) is 2. The van der Waals surface area contributed by atoms with E-state index in [-0.39, 0.29) is 17.7 Å². The number of carbonyl (C=O) groups is 2. The minimum absolute atomic E-state index is 0.207. The topological polar surface area (TPSA) is 88.4 Å². The lowest BCUT2D eigenvalue weighted by Crippen LogP contribution is -2.21. The van der Waals surface area contributed by atoms with Gasteiger partial charge in [-0.3, -0.25) is 4.79 Å². The highest BCUT2D eigenvalue weighted by molar-refractivity contribution is 5.96. The van der Waals surface area contributed by atoms with Gasteiger partial charge in [0.1, 0.15) is 11.3 Å². The van der Waals surface area contributed by atoms with Gasteiger partial charge in [-0.2, -0.15) is 14.0 Å². The monoisotopic (exact) mass is 360 g/mol. The van der Waals surface area contributed by atoms with Crippen molar-refractivity contribution in [2.75, 3.05) is 11.9 Å². The molecule has 0 bridgehead atoms. The zero-order valence-corrected chi connectivity index (χ0v) is 13.4. The summed E-state index contributed by atoms with van der Waals surface area (Å²) >= 11 is 0. The molecule has 0 saturated heterocycles. The molecule has 0 saturated carbocycles. The summed E-state index contributed by atoms with van der Waals surface area (Å²) in [6.07, 6.45) is 0.256. The van der Waals surface area contributed by atoms with Crippen LogP contribution in [-0.2, 0) is 16.0 Å². The minimum Gasteiger partial charge on any atom is -0.452 e. The Hall–Kier alpha value is -3.47. The van der Waals surface area contributed by atoms with Gasteiger partial charge in [0.25, 0.3) is 5.91 Å². The number of para-hydroxylation sites is 1. The van der Waals surface area contributed by atoms with E-state index in [1.165, 1.54) is 24.3 Å². The predicted octanol–water partition coefficient (Wildman–Crippen LogP) is 3.15. The van der Waals surface area contributed by atoms with Gasteiger partial charge in [0.2, 0.25) is 0 Å². The van der Waals surface area contributed by atoms with E-state index >= 15 is 0 Å². The smallest absolute Gasteiger partial charge is 0.387 e. The standard InChI is InChI=1S/C18H14F2N2O4/c19-18(20)26-15-4-2-1-3-14(15)17(24)25-11-16(23)22-13-7-5-12(6-8-13)9-10-21/h1-8,18H,9,11H2,(H,22,23). The Morgan fingerprint density at radius 1 is 1.12 bits per heavy atom. The molecule has 0 unspecified atom stereocenters. The summed E-state index contributed by atoms with van der Waals surface area (Å²) < 4.78 is 33.8. The Morgan fingerprint density at radius 2 is 1.81 bits per heavy atom. The van der Waals surface area contributed by atoms with E-state index in [0.29, 0.717) is 5.69 Å². The van der Waals surface area contributed by atoms with Crippen molar-refractivity contribution >= 4 is 17.6 Å². The Bertz CT molecular complexity index is 817. The van der Waals surface area contributed by atoms with Crippen molar-refractivity contribution in [2.45, 2.75) is 13.0 Å². The van der Waals surface area contributed by atoms with Crippen molar-refractivity contribution in [1.29, 1.82) is 5.26 Å². The summed E-state index contributed by atoms with van der Waals surface area (Å²) in [6, 6.07) is 13.9. The van der Waals surface area contributed by atoms with Crippen molar-refractivity contribution in [3.63, 3.8) is 0 Å². The fourth-order valence-corrected chi connectivity index (χ4v) is 2.04. The highest BCUT2D eigenvalue weighted by Crippen LogP contribution is 2.21. The third kappa shape index (κ3) is 5.56. The number of esters is 1. The lowest BCUT2D eigenvalue weighted by molar-refractivity contribution is -0.119. The SMILES string of the molecule is N#CCc1ccc(NC(=O)COC(=O)c2ccccc2OC(F)F)cc1. The first-order valence-corrected chi connectivity index (χ1v) is 7.46. The minimum atomic E-state index is -3.09. The lowest BCUT2D eigenvalue weighted by atomic mass is 10.1. The number of nitrogens with zero attached hydrogens (tertiary/aromatic N) is 1. The third-order valence-electron chi connectivity index (χ3n) is 3.18. The van der Waals surface area contributed by atoms with Crippen LogP contribution in [0.4, 0.5) is 14.5 Å². The highest BCUT2D eigenvalue weighted by Gasteiger charge is 2.17. The first kappa shape index (κ1) is 18.9. The normalized spacial score (nSPS) is 10.1. The van der Waals surface area contributed by atoms with E-state index in [9.17, 15) is 18.4 Å². The average molecular weight is 360 g/mol. The van der Waals surface area contributed by atoms with Crippen LogP contribution in [-0.4, -0.2) is 25.1 Å². The van der Waals surface area contributed by atoms with E-state index in [0.717, 1.165) is 5.56 Å². The Balaban J connectivity index is 1.91. The second-order valence-electron chi connectivity index (χ2n) is 5.03. The van der Waals surface area contributed by atoms with Crippen molar-refractivity contribution in [3.05, 3.63) is 59.7 Å². The number of rotatable bonds is 7. The van der Waals surface area contributed by atoms with Gasteiger partial charge >= 0.3 is 12.6 Å². The molecule has 2 aromatic carbocycles. The van der Waals surface area contributed by atoms with Crippen LogP contribution < -0.4 is 10.1 Å². The lowest BCUT2D eigenvalue weighted by Gasteiger charge is -2.10. The first-order valence-electron chi connectivity index (χ1n) is 7.46. The van der Waals surface area contributed by atoms with Gasteiger partial charge < -0.3 is 14.8 Å². The van der Waals surface area contributed by atoms with Crippen LogP contribution in [0.15, 0.2) is 48.5 Å². The molecular weight excluding hydrogens is 346 g/mol. The van der Waals surface area contributed by atoms with Crippen LogP contribution in [0.3, 0.4) is 0 Å². The number of nitriles is 1. The van der Waals surface area contributed by atoms with E-state index in [1.54, 1.807) is 24.3 Å². The molecule has 0 spiro atoms. The molecule has 6 nitrogen and oxygen atoms in total. The van der Waals surface area contributed by atoms with E-state index in [2.05, 4.69) is 10.1 Å². The number of halogens is 2. The number of amides is 1. The van der Waals surface area contributed by atoms with Crippen LogP contribution in [0.2, 0.25) is 0 Å². The fourth-order valence-electron chi connectivity index (χ4n) is 2.04. The number of alkyl halides is 2. The van der Waals surface area contributed by atoms with Gasteiger partial charge in [-0.15, -0.1) is 0 Å². The molecule has 2 rings (SSSR count). The molecule has 1 amide bonds. The quantitative estimate of drug-likeness (QED) is 0.766. The van der Waals surface area contributed by atoms with Crippen molar-refractivity contribution in [3.8, 4) is 11.8 Å². The van der Waals surface area contributed by atoms with E-state index in [4.69, 9.17) is 10.00 Å². The second-order valence-corrected chi connectivity index (χ2v) is 5.03. The first-order chi connectivity index (χ1) is 12.5. The van der Waals surface area contributed by atoms with Gasteiger partial charge in [0.05, 0.1) is 12.5 Å². The molecule has 1 N–H and O–H groups in total.